The molecule has 0 radical (unpaired) electrons. The average Bonchev–Trinajstić information content (AvgIpc) is 2.37. The van der Waals surface area contributed by atoms with Crippen LogP contribution < -0.4 is 10.1 Å². The zero-order valence-electron chi connectivity index (χ0n) is 10.5. The third kappa shape index (κ3) is 3.68. The van der Waals surface area contributed by atoms with E-state index < -0.39 is 0 Å². The highest BCUT2D eigenvalue weighted by Gasteiger charge is 2.13. The Morgan fingerprint density at radius 1 is 1.35 bits per heavy atom. The van der Waals surface area contributed by atoms with Crippen molar-refractivity contribution in [3.05, 3.63) is 23.4 Å². The first-order valence-corrected chi connectivity index (χ1v) is 6.12. The lowest BCUT2D eigenvalue weighted by molar-refractivity contribution is 0.0211. The van der Waals surface area contributed by atoms with Crippen LogP contribution in [0.3, 0.4) is 0 Å². The minimum atomic E-state index is 0.385. The van der Waals surface area contributed by atoms with Crippen molar-refractivity contribution in [2.24, 2.45) is 0 Å². The van der Waals surface area contributed by atoms with Gasteiger partial charge in [0.25, 0.3) is 0 Å². The number of aromatic nitrogens is 1. The smallest absolute Gasteiger partial charge is 0.213 e. The second-order valence-corrected chi connectivity index (χ2v) is 4.42. The summed E-state index contributed by atoms with van der Waals surface area (Å²) < 4.78 is 11.1. The molecule has 0 amide bonds. The van der Waals surface area contributed by atoms with Crippen molar-refractivity contribution < 1.29 is 9.47 Å². The fraction of sp³-hybridized carbons (Fsp3) is 0.615. The van der Waals surface area contributed by atoms with Gasteiger partial charge in [-0.05, 0) is 44.5 Å². The van der Waals surface area contributed by atoms with E-state index in [0.717, 1.165) is 37.2 Å². The number of nitrogens with one attached hydrogen (secondary N) is 1. The first kappa shape index (κ1) is 12.3. The van der Waals surface area contributed by atoms with Gasteiger partial charge < -0.3 is 14.8 Å². The van der Waals surface area contributed by atoms with Crippen LogP contribution >= 0.6 is 0 Å². The molecule has 4 nitrogen and oxygen atoms in total. The number of ether oxygens (including phenoxy) is 2. The molecule has 0 bridgehead atoms. The SMILES string of the molecule is COc1cc(COC2CCNCC2)cc(C)n1. The van der Waals surface area contributed by atoms with Gasteiger partial charge in [-0.1, -0.05) is 0 Å². The van der Waals surface area contributed by atoms with Crippen LogP contribution in [0.4, 0.5) is 0 Å². The zero-order valence-corrected chi connectivity index (χ0v) is 10.5. The molecular formula is C13H20N2O2. The molecule has 1 N–H and O–H groups in total. The largest absolute Gasteiger partial charge is 0.481 e. The molecule has 0 aliphatic carbocycles. The Hall–Kier alpha value is -1.13. The van der Waals surface area contributed by atoms with Gasteiger partial charge in [-0.2, -0.15) is 0 Å². The third-order valence-corrected chi connectivity index (χ3v) is 2.97. The van der Waals surface area contributed by atoms with Gasteiger partial charge in [0.1, 0.15) is 0 Å². The second-order valence-electron chi connectivity index (χ2n) is 4.42. The zero-order chi connectivity index (χ0) is 12.1. The Kier molecular flexibility index (Phi) is 4.34. The van der Waals surface area contributed by atoms with E-state index in [-0.39, 0.29) is 0 Å². The molecule has 0 unspecified atom stereocenters. The van der Waals surface area contributed by atoms with Gasteiger partial charge >= 0.3 is 0 Å². The van der Waals surface area contributed by atoms with Gasteiger partial charge in [-0.15, -0.1) is 0 Å². The molecule has 1 aromatic rings. The van der Waals surface area contributed by atoms with E-state index >= 15 is 0 Å². The van der Waals surface area contributed by atoms with E-state index in [1.54, 1.807) is 7.11 Å². The van der Waals surface area contributed by atoms with E-state index in [2.05, 4.69) is 10.3 Å². The summed E-state index contributed by atoms with van der Waals surface area (Å²) in [6.45, 7) is 4.73. The molecule has 2 rings (SSSR count). The summed E-state index contributed by atoms with van der Waals surface area (Å²) in [6, 6.07) is 3.98. The predicted molar refractivity (Wildman–Crippen MR) is 66.2 cm³/mol. The van der Waals surface area contributed by atoms with Gasteiger partial charge in [0, 0.05) is 11.8 Å². The summed E-state index contributed by atoms with van der Waals surface area (Å²) in [6.07, 6.45) is 2.58. The Bertz CT molecular complexity index is 362. The van der Waals surface area contributed by atoms with E-state index in [4.69, 9.17) is 9.47 Å². The summed E-state index contributed by atoms with van der Waals surface area (Å²) >= 11 is 0. The molecule has 0 saturated carbocycles. The van der Waals surface area contributed by atoms with Gasteiger partial charge in [-0.3, -0.25) is 0 Å². The van der Waals surface area contributed by atoms with Gasteiger partial charge in [-0.25, -0.2) is 4.98 Å². The van der Waals surface area contributed by atoms with Gasteiger partial charge in [0.15, 0.2) is 0 Å². The molecule has 1 fully saturated rings. The first-order chi connectivity index (χ1) is 8.28. The summed E-state index contributed by atoms with van der Waals surface area (Å²) in [5.74, 6) is 0.661. The first-order valence-electron chi connectivity index (χ1n) is 6.12. The van der Waals surface area contributed by atoms with E-state index in [1.165, 1.54) is 0 Å². The lowest BCUT2D eigenvalue weighted by Gasteiger charge is -2.23. The number of piperidine rings is 1. The lowest BCUT2D eigenvalue weighted by atomic mass is 10.1. The van der Waals surface area contributed by atoms with Crippen LogP contribution in [0.25, 0.3) is 0 Å². The molecule has 0 spiro atoms. The molecule has 2 heterocycles. The van der Waals surface area contributed by atoms with Gasteiger partial charge in [0.2, 0.25) is 5.88 Å². The highest BCUT2D eigenvalue weighted by Crippen LogP contribution is 2.15. The van der Waals surface area contributed by atoms with E-state index in [9.17, 15) is 0 Å². The molecule has 1 aromatic heterocycles. The maximum atomic E-state index is 5.90. The van der Waals surface area contributed by atoms with Crippen LogP contribution in [-0.2, 0) is 11.3 Å². The van der Waals surface area contributed by atoms with Crippen LogP contribution in [-0.4, -0.2) is 31.3 Å². The van der Waals surface area contributed by atoms with Crippen molar-refractivity contribution in [3.63, 3.8) is 0 Å². The third-order valence-electron chi connectivity index (χ3n) is 2.97. The van der Waals surface area contributed by atoms with Crippen molar-refractivity contribution in [1.29, 1.82) is 0 Å². The van der Waals surface area contributed by atoms with Crippen molar-refractivity contribution in [2.75, 3.05) is 20.2 Å². The Morgan fingerprint density at radius 2 is 2.12 bits per heavy atom. The fourth-order valence-electron chi connectivity index (χ4n) is 2.07. The van der Waals surface area contributed by atoms with Crippen molar-refractivity contribution >= 4 is 0 Å². The predicted octanol–water partition coefficient (Wildman–Crippen LogP) is 1.67. The fourth-order valence-corrected chi connectivity index (χ4v) is 2.07. The second kappa shape index (κ2) is 5.98. The minimum Gasteiger partial charge on any atom is -0.481 e. The topological polar surface area (TPSA) is 43.4 Å². The Balaban J connectivity index is 1.91. The highest BCUT2D eigenvalue weighted by molar-refractivity contribution is 5.24. The molecule has 4 heteroatoms. The highest BCUT2D eigenvalue weighted by atomic mass is 16.5. The number of methoxy groups -OCH3 is 1. The molecule has 1 saturated heterocycles. The minimum absolute atomic E-state index is 0.385. The molecule has 17 heavy (non-hydrogen) atoms. The van der Waals surface area contributed by atoms with E-state index in [1.807, 2.05) is 19.1 Å². The summed E-state index contributed by atoms with van der Waals surface area (Å²) in [4.78, 5) is 4.26. The Morgan fingerprint density at radius 3 is 2.82 bits per heavy atom. The number of rotatable bonds is 4. The maximum absolute atomic E-state index is 5.90. The standard InChI is InChI=1S/C13H20N2O2/c1-10-7-11(8-13(15-10)16-2)9-17-12-3-5-14-6-4-12/h7-8,12,14H,3-6,9H2,1-2H3. The summed E-state index contributed by atoms with van der Waals surface area (Å²) in [5, 5.41) is 3.33. The maximum Gasteiger partial charge on any atom is 0.213 e. The normalized spacial score (nSPS) is 17.1. The quantitative estimate of drug-likeness (QED) is 0.863. The molecule has 0 atom stereocenters. The van der Waals surface area contributed by atoms with Crippen LogP contribution in [0.2, 0.25) is 0 Å². The van der Waals surface area contributed by atoms with Crippen molar-refractivity contribution in [2.45, 2.75) is 32.5 Å². The molecule has 0 aromatic carbocycles. The number of pyridine rings is 1. The lowest BCUT2D eigenvalue weighted by Crippen LogP contribution is -2.32. The van der Waals surface area contributed by atoms with E-state index in [0.29, 0.717) is 18.6 Å². The molecular weight excluding hydrogens is 216 g/mol. The molecule has 1 aliphatic rings. The van der Waals surface area contributed by atoms with Crippen molar-refractivity contribution in [3.8, 4) is 5.88 Å². The van der Waals surface area contributed by atoms with Crippen LogP contribution in [0.1, 0.15) is 24.1 Å². The number of nitrogens with zero attached hydrogens (tertiary/aromatic N) is 1. The van der Waals surface area contributed by atoms with Crippen molar-refractivity contribution in [1.82, 2.24) is 10.3 Å². The summed E-state index contributed by atoms with van der Waals surface area (Å²) in [7, 11) is 1.64. The number of hydrogen-bond donors (Lipinski definition) is 1. The molecule has 1 aliphatic heterocycles. The summed E-state index contributed by atoms with van der Waals surface area (Å²) in [5.41, 5.74) is 2.10. The molecule has 94 valence electrons. The van der Waals surface area contributed by atoms with Crippen LogP contribution in [0, 0.1) is 6.92 Å². The van der Waals surface area contributed by atoms with Crippen LogP contribution in [0.5, 0.6) is 5.88 Å². The van der Waals surface area contributed by atoms with Crippen LogP contribution in [0.15, 0.2) is 12.1 Å². The monoisotopic (exact) mass is 236 g/mol. The van der Waals surface area contributed by atoms with Gasteiger partial charge in [0.05, 0.1) is 19.8 Å². The number of hydrogen-bond acceptors (Lipinski definition) is 4. The average molecular weight is 236 g/mol. The number of aryl methyl sites for hydroxylation is 1. The Labute approximate surface area is 102 Å².